The largest absolute Gasteiger partial charge is 0.782 e. The predicted octanol–water partition coefficient (Wildman–Crippen LogP) is 2.47. The first-order valence-corrected chi connectivity index (χ1v) is 5.44. The van der Waals surface area contributed by atoms with E-state index in [0.29, 0.717) is 5.75 Å². The second-order valence-electron chi connectivity index (χ2n) is 3.35. The Hall–Kier alpha value is -2.04. The SMILES string of the molecule is C=[O+]C(=O)OC.CCCc1ccc(O)c(OC)c1. The lowest BCUT2D eigenvalue weighted by Gasteiger charge is -2.05. The van der Waals surface area contributed by atoms with Gasteiger partial charge in [0.05, 0.1) is 7.11 Å². The van der Waals surface area contributed by atoms with Crippen molar-refractivity contribution >= 4 is 12.9 Å². The van der Waals surface area contributed by atoms with E-state index in [4.69, 9.17) is 4.74 Å². The minimum absolute atomic E-state index is 0.206. The van der Waals surface area contributed by atoms with Crippen LogP contribution in [0.25, 0.3) is 0 Å². The zero-order valence-electron chi connectivity index (χ0n) is 10.9. The van der Waals surface area contributed by atoms with Crippen molar-refractivity contribution in [2.45, 2.75) is 19.8 Å². The van der Waals surface area contributed by atoms with E-state index in [9.17, 15) is 9.90 Å². The van der Waals surface area contributed by atoms with E-state index in [0.717, 1.165) is 12.8 Å². The van der Waals surface area contributed by atoms with Crippen LogP contribution in [0, 0.1) is 0 Å². The Morgan fingerprint density at radius 2 is 2.11 bits per heavy atom. The van der Waals surface area contributed by atoms with Gasteiger partial charge in [0.15, 0.2) is 11.5 Å². The normalized spacial score (nSPS) is 8.83. The maximum Gasteiger partial charge on any atom is 0.782 e. The molecule has 0 spiro atoms. The minimum atomic E-state index is -0.769. The minimum Gasteiger partial charge on any atom is -0.504 e. The number of aromatic hydroxyl groups is 1. The lowest BCUT2D eigenvalue weighted by atomic mass is 10.1. The molecular formula is C13H19O5+. The summed E-state index contributed by atoms with van der Waals surface area (Å²) in [4.78, 5) is 9.67. The van der Waals surface area contributed by atoms with E-state index < -0.39 is 6.16 Å². The van der Waals surface area contributed by atoms with Gasteiger partial charge in [0.1, 0.15) is 13.9 Å². The maximum atomic E-state index is 9.67. The predicted molar refractivity (Wildman–Crippen MR) is 68.2 cm³/mol. The third-order valence-corrected chi connectivity index (χ3v) is 2.07. The van der Waals surface area contributed by atoms with Crippen LogP contribution >= 0.6 is 0 Å². The van der Waals surface area contributed by atoms with Gasteiger partial charge in [0.25, 0.3) is 0 Å². The van der Waals surface area contributed by atoms with Crippen molar-refractivity contribution in [3.63, 3.8) is 0 Å². The quantitative estimate of drug-likeness (QED) is 0.665. The fourth-order valence-corrected chi connectivity index (χ4v) is 1.23. The molecule has 0 aliphatic carbocycles. The second-order valence-corrected chi connectivity index (χ2v) is 3.35. The van der Waals surface area contributed by atoms with Crippen molar-refractivity contribution in [2.75, 3.05) is 14.2 Å². The van der Waals surface area contributed by atoms with E-state index in [-0.39, 0.29) is 5.75 Å². The maximum absolute atomic E-state index is 9.67. The Labute approximate surface area is 107 Å². The number of aryl methyl sites for hydroxylation is 1. The summed E-state index contributed by atoms with van der Waals surface area (Å²) in [6.07, 6.45) is 1.36. The first-order chi connectivity index (χ1) is 8.58. The number of phenols is 1. The molecule has 18 heavy (non-hydrogen) atoms. The van der Waals surface area contributed by atoms with Crippen LogP contribution in [0.1, 0.15) is 18.9 Å². The average Bonchev–Trinajstić information content (AvgIpc) is 2.41. The Balaban J connectivity index is 0.000000411. The van der Waals surface area contributed by atoms with Gasteiger partial charge in [-0.05, 0) is 24.1 Å². The van der Waals surface area contributed by atoms with Crippen LogP contribution in [0.2, 0.25) is 0 Å². The van der Waals surface area contributed by atoms with Crippen LogP contribution in [0.4, 0.5) is 4.79 Å². The van der Waals surface area contributed by atoms with Gasteiger partial charge in [-0.25, -0.2) is 0 Å². The first-order valence-electron chi connectivity index (χ1n) is 5.44. The lowest BCUT2D eigenvalue weighted by molar-refractivity contribution is -0.356. The lowest BCUT2D eigenvalue weighted by Crippen LogP contribution is -1.93. The Morgan fingerprint density at radius 3 is 2.50 bits per heavy atom. The van der Waals surface area contributed by atoms with Crippen LogP contribution in [0.3, 0.4) is 0 Å². The van der Waals surface area contributed by atoms with E-state index in [1.54, 1.807) is 13.2 Å². The third-order valence-electron chi connectivity index (χ3n) is 2.07. The first kappa shape index (κ1) is 16.0. The molecule has 0 aromatic heterocycles. The Kier molecular flexibility index (Phi) is 8.01. The summed E-state index contributed by atoms with van der Waals surface area (Å²) in [6.45, 7) is 4.91. The second kappa shape index (κ2) is 9.04. The summed E-state index contributed by atoms with van der Waals surface area (Å²) in [5.74, 6) is 0.762. The molecule has 0 atom stereocenters. The van der Waals surface area contributed by atoms with Crippen LogP contribution in [-0.2, 0) is 15.6 Å². The molecule has 0 aliphatic heterocycles. The number of carbonyl (C=O) groups is 1. The number of hydrogen-bond acceptors (Lipinski definition) is 4. The summed E-state index contributed by atoms with van der Waals surface area (Å²) in [5.41, 5.74) is 1.20. The number of methoxy groups -OCH3 is 2. The molecule has 5 nitrogen and oxygen atoms in total. The summed E-state index contributed by atoms with van der Waals surface area (Å²) in [6, 6.07) is 5.46. The number of benzene rings is 1. The molecule has 100 valence electrons. The molecule has 0 unspecified atom stereocenters. The summed E-state index contributed by atoms with van der Waals surface area (Å²) in [5, 5.41) is 9.28. The molecule has 5 heteroatoms. The zero-order chi connectivity index (χ0) is 14.0. The average molecular weight is 255 g/mol. The van der Waals surface area contributed by atoms with Gasteiger partial charge < -0.3 is 14.6 Å². The topological polar surface area (TPSA) is 67.1 Å². The number of hydrogen-bond donors (Lipinski definition) is 1. The highest BCUT2D eigenvalue weighted by molar-refractivity contribution is 5.56. The molecule has 0 radical (unpaired) electrons. The van der Waals surface area contributed by atoms with Crippen molar-refractivity contribution in [1.29, 1.82) is 0 Å². The van der Waals surface area contributed by atoms with E-state index >= 15 is 0 Å². The van der Waals surface area contributed by atoms with E-state index in [1.165, 1.54) is 12.7 Å². The fourth-order valence-electron chi connectivity index (χ4n) is 1.23. The molecule has 1 rings (SSSR count). The highest BCUT2D eigenvalue weighted by Gasteiger charge is 2.05. The highest BCUT2D eigenvalue weighted by Crippen LogP contribution is 2.26. The third kappa shape index (κ3) is 5.89. The van der Waals surface area contributed by atoms with Crippen molar-refractivity contribution in [2.24, 2.45) is 0 Å². The van der Waals surface area contributed by atoms with Gasteiger partial charge in [-0.2, -0.15) is 0 Å². The molecule has 0 bridgehead atoms. The smallest absolute Gasteiger partial charge is 0.504 e. The number of ether oxygens (including phenoxy) is 2. The summed E-state index contributed by atoms with van der Waals surface area (Å²) < 4.78 is 12.7. The molecule has 0 fully saturated rings. The Morgan fingerprint density at radius 1 is 1.44 bits per heavy atom. The summed E-state index contributed by atoms with van der Waals surface area (Å²) >= 11 is 0. The van der Waals surface area contributed by atoms with Crippen molar-refractivity contribution in [3.05, 3.63) is 23.8 Å². The van der Waals surface area contributed by atoms with Gasteiger partial charge in [-0.1, -0.05) is 19.4 Å². The molecule has 1 aromatic rings. The van der Waals surface area contributed by atoms with Gasteiger partial charge in [-0.15, -0.1) is 0 Å². The molecular weight excluding hydrogens is 236 g/mol. The number of rotatable bonds is 3. The van der Waals surface area contributed by atoms with Gasteiger partial charge >= 0.3 is 6.16 Å². The summed E-state index contributed by atoms with van der Waals surface area (Å²) in [7, 11) is 2.78. The fraction of sp³-hybridized carbons (Fsp3) is 0.385. The Bertz CT molecular complexity index is 387. The van der Waals surface area contributed by atoms with Crippen LogP contribution < -0.4 is 4.74 Å². The molecule has 0 amide bonds. The molecule has 0 heterocycles. The van der Waals surface area contributed by atoms with Crippen molar-refractivity contribution in [3.8, 4) is 11.5 Å². The molecule has 1 aromatic carbocycles. The van der Waals surface area contributed by atoms with Crippen molar-refractivity contribution < 1.29 is 23.8 Å². The van der Waals surface area contributed by atoms with Crippen LogP contribution in [-0.4, -0.2) is 32.3 Å². The molecule has 0 aliphatic rings. The molecule has 0 saturated carbocycles. The van der Waals surface area contributed by atoms with Crippen LogP contribution in [0.15, 0.2) is 18.2 Å². The monoisotopic (exact) mass is 255 g/mol. The van der Waals surface area contributed by atoms with Crippen molar-refractivity contribution in [1.82, 2.24) is 0 Å². The highest BCUT2D eigenvalue weighted by atomic mass is 16.7. The molecule has 0 saturated heterocycles. The standard InChI is InChI=1S/C10H14O2.C3H5O3/c1-3-4-8-5-6-9(11)10(7-8)12-2;1-5-3(4)6-2/h5-7,11H,3-4H2,1-2H3;1H2,2H3/q;+1. The van der Waals surface area contributed by atoms with E-state index in [1.807, 2.05) is 12.1 Å². The number of phenolic OH excluding ortho intramolecular Hbond substituents is 1. The van der Waals surface area contributed by atoms with Gasteiger partial charge in [-0.3, -0.25) is 4.42 Å². The van der Waals surface area contributed by atoms with Crippen LogP contribution in [0.5, 0.6) is 11.5 Å². The van der Waals surface area contributed by atoms with E-state index in [2.05, 4.69) is 22.9 Å². The number of carbonyl (C=O) groups excluding carboxylic acids is 2. The van der Waals surface area contributed by atoms with Gasteiger partial charge in [0, 0.05) is 4.79 Å². The van der Waals surface area contributed by atoms with Gasteiger partial charge in [0.2, 0.25) is 0 Å². The zero-order valence-corrected chi connectivity index (χ0v) is 10.9. The molecule has 1 N–H and O–H groups in total.